The van der Waals surface area contributed by atoms with Crippen LogP contribution in [-0.4, -0.2) is 25.1 Å². The highest BCUT2D eigenvalue weighted by molar-refractivity contribution is 7.14. The molecule has 1 amide bonds. The monoisotopic (exact) mass is 318 g/mol. The first-order chi connectivity index (χ1) is 10.6. The molecule has 6 heteroatoms. The third-order valence-corrected chi connectivity index (χ3v) is 4.62. The van der Waals surface area contributed by atoms with E-state index in [1.807, 2.05) is 23.6 Å². The van der Waals surface area contributed by atoms with Crippen LogP contribution in [0.2, 0.25) is 0 Å². The summed E-state index contributed by atoms with van der Waals surface area (Å²) < 4.78 is 10.6. The minimum Gasteiger partial charge on any atom is -0.497 e. The number of aromatic nitrogens is 1. The molecular weight excluding hydrogens is 300 g/mol. The summed E-state index contributed by atoms with van der Waals surface area (Å²) in [6.07, 6.45) is 0.966. The molecular formula is C16H18N2O3S. The molecule has 22 heavy (non-hydrogen) atoms. The number of rotatable bonds is 5. The maximum atomic E-state index is 12.0. The number of anilines is 1. The van der Waals surface area contributed by atoms with Gasteiger partial charge in [-0.05, 0) is 30.5 Å². The zero-order valence-corrected chi connectivity index (χ0v) is 13.6. The van der Waals surface area contributed by atoms with E-state index in [1.165, 1.54) is 11.3 Å². The third-order valence-electron chi connectivity index (χ3n) is 3.86. The number of methoxy groups -OCH3 is 2. The molecule has 1 heterocycles. The summed E-state index contributed by atoms with van der Waals surface area (Å²) >= 11 is 1.41. The second-order valence-electron chi connectivity index (χ2n) is 5.41. The summed E-state index contributed by atoms with van der Waals surface area (Å²) in [6, 6.07) is 5.56. The molecule has 1 saturated carbocycles. The van der Waals surface area contributed by atoms with Crippen LogP contribution in [0.1, 0.15) is 13.3 Å². The van der Waals surface area contributed by atoms with Gasteiger partial charge in [-0.2, -0.15) is 0 Å². The van der Waals surface area contributed by atoms with Gasteiger partial charge in [0, 0.05) is 16.9 Å². The van der Waals surface area contributed by atoms with Crippen LogP contribution < -0.4 is 14.8 Å². The van der Waals surface area contributed by atoms with Crippen molar-refractivity contribution < 1.29 is 14.3 Å². The Kier molecular flexibility index (Phi) is 4.02. The molecule has 116 valence electrons. The molecule has 2 atom stereocenters. The molecule has 3 rings (SSSR count). The van der Waals surface area contributed by atoms with Crippen molar-refractivity contribution in [1.82, 2.24) is 4.98 Å². The van der Waals surface area contributed by atoms with Crippen LogP contribution in [0.4, 0.5) is 5.13 Å². The fourth-order valence-electron chi connectivity index (χ4n) is 2.35. The smallest absolute Gasteiger partial charge is 0.229 e. The van der Waals surface area contributed by atoms with Crippen molar-refractivity contribution in [2.24, 2.45) is 11.8 Å². The van der Waals surface area contributed by atoms with Crippen LogP contribution in [-0.2, 0) is 4.79 Å². The first kappa shape index (κ1) is 14.8. The molecule has 0 saturated heterocycles. The molecule has 1 aromatic carbocycles. The van der Waals surface area contributed by atoms with Gasteiger partial charge < -0.3 is 14.8 Å². The van der Waals surface area contributed by atoms with Crippen molar-refractivity contribution in [3.05, 3.63) is 23.6 Å². The third kappa shape index (κ3) is 2.92. The highest BCUT2D eigenvalue weighted by Crippen LogP contribution is 2.39. The zero-order chi connectivity index (χ0) is 15.7. The van der Waals surface area contributed by atoms with Gasteiger partial charge in [0.05, 0.1) is 19.9 Å². The van der Waals surface area contributed by atoms with Gasteiger partial charge >= 0.3 is 0 Å². The van der Waals surface area contributed by atoms with Crippen LogP contribution in [0.25, 0.3) is 11.3 Å². The lowest BCUT2D eigenvalue weighted by molar-refractivity contribution is -0.117. The summed E-state index contributed by atoms with van der Waals surface area (Å²) in [5, 5.41) is 5.41. The Morgan fingerprint density at radius 2 is 2.14 bits per heavy atom. The first-order valence-electron chi connectivity index (χ1n) is 7.11. The highest BCUT2D eigenvalue weighted by Gasteiger charge is 2.39. The van der Waals surface area contributed by atoms with Gasteiger partial charge in [0.15, 0.2) is 5.13 Å². The molecule has 0 unspecified atom stereocenters. The molecule has 1 fully saturated rings. The predicted octanol–water partition coefficient (Wildman–Crippen LogP) is 3.42. The second-order valence-corrected chi connectivity index (χ2v) is 6.27. The Labute approximate surface area is 133 Å². The van der Waals surface area contributed by atoms with Crippen molar-refractivity contribution in [2.45, 2.75) is 13.3 Å². The number of benzene rings is 1. The van der Waals surface area contributed by atoms with Crippen molar-refractivity contribution in [2.75, 3.05) is 19.5 Å². The minimum absolute atomic E-state index is 0.0611. The van der Waals surface area contributed by atoms with Gasteiger partial charge in [-0.1, -0.05) is 6.92 Å². The van der Waals surface area contributed by atoms with Crippen LogP contribution in [0.5, 0.6) is 11.5 Å². The standard InChI is InChI=1S/C16H18N2O3S/c1-9-6-11(9)15(19)18-16-17-13(8-22-16)12-7-10(20-2)4-5-14(12)21-3/h4-5,7-9,11H,6H2,1-3H3,(H,17,18,19)/t9-,11+/m1/s1. The Bertz CT molecular complexity index is 698. The molecule has 5 nitrogen and oxygen atoms in total. The minimum atomic E-state index is 0.0611. The van der Waals surface area contributed by atoms with Crippen LogP contribution >= 0.6 is 11.3 Å². The molecule has 0 bridgehead atoms. The maximum absolute atomic E-state index is 12.0. The van der Waals surface area contributed by atoms with E-state index in [9.17, 15) is 4.79 Å². The number of nitrogens with one attached hydrogen (secondary N) is 1. The largest absolute Gasteiger partial charge is 0.497 e. The fraction of sp³-hybridized carbons (Fsp3) is 0.375. The number of thiazole rings is 1. The van der Waals surface area contributed by atoms with Crippen LogP contribution in [0, 0.1) is 11.8 Å². The number of amides is 1. The van der Waals surface area contributed by atoms with Gasteiger partial charge in [-0.25, -0.2) is 4.98 Å². The molecule has 0 aliphatic heterocycles. The summed E-state index contributed by atoms with van der Waals surface area (Å²) in [5.41, 5.74) is 1.61. The van der Waals surface area contributed by atoms with Crippen molar-refractivity contribution in [1.29, 1.82) is 0 Å². The molecule has 1 N–H and O–H groups in total. The van der Waals surface area contributed by atoms with Crippen LogP contribution in [0.3, 0.4) is 0 Å². The van der Waals surface area contributed by atoms with E-state index in [2.05, 4.69) is 17.2 Å². The number of ether oxygens (including phenoxy) is 2. The summed E-state index contributed by atoms with van der Waals surface area (Å²) in [7, 11) is 3.24. The van der Waals surface area contributed by atoms with E-state index in [0.29, 0.717) is 11.0 Å². The zero-order valence-electron chi connectivity index (χ0n) is 12.8. The average Bonchev–Trinajstić information content (AvgIpc) is 3.09. The van der Waals surface area contributed by atoms with Gasteiger partial charge in [0.1, 0.15) is 11.5 Å². The Morgan fingerprint density at radius 1 is 1.36 bits per heavy atom. The van der Waals surface area contributed by atoms with Crippen molar-refractivity contribution >= 4 is 22.4 Å². The van der Waals surface area contributed by atoms with E-state index < -0.39 is 0 Å². The maximum Gasteiger partial charge on any atom is 0.229 e. The van der Waals surface area contributed by atoms with E-state index in [0.717, 1.165) is 29.2 Å². The van der Waals surface area contributed by atoms with Gasteiger partial charge in [0.2, 0.25) is 5.91 Å². The number of carbonyl (C=O) groups excluding carboxylic acids is 1. The topological polar surface area (TPSA) is 60.5 Å². The number of carbonyl (C=O) groups is 1. The average molecular weight is 318 g/mol. The predicted molar refractivity (Wildman–Crippen MR) is 86.6 cm³/mol. The van der Waals surface area contributed by atoms with E-state index in [-0.39, 0.29) is 11.8 Å². The van der Waals surface area contributed by atoms with Crippen LogP contribution in [0.15, 0.2) is 23.6 Å². The molecule has 0 spiro atoms. The number of hydrogen-bond acceptors (Lipinski definition) is 5. The Morgan fingerprint density at radius 3 is 2.77 bits per heavy atom. The lowest BCUT2D eigenvalue weighted by Crippen LogP contribution is -2.14. The van der Waals surface area contributed by atoms with E-state index >= 15 is 0 Å². The second kappa shape index (κ2) is 5.96. The number of nitrogens with zero attached hydrogens (tertiary/aromatic N) is 1. The fourth-order valence-corrected chi connectivity index (χ4v) is 3.07. The van der Waals surface area contributed by atoms with Gasteiger partial charge in [-0.15, -0.1) is 11.3 Å². The lowest BCUT2D eigenvalue weighted by atomic mass is 10.1. The summed E-state index contributed by atoms with van der Waals surface area (Å²) in [4.78, 5) is 16.5. The van der Waals surface area contributed by atoms with E-state index in [1.54, 1.807) is 14.2 Å². The molecule has 0 radical (unpaired) electrons. The molecule has 1 aromatic heterocycles. The van der Waals surface area contributed by atoms with Crippen molar-refractivity contribution in [3.63, 3.8) is 0 Å². The highest BCUT2D eigenvalue weighted by atomic mass is 32.1. The molecule has 1 aliphatic carbocycles. The molecule has 1 aliphatic rings. The van der Waals surface area contributed by atoms with Crippen molar-refractivity contribution in [3.8, 4) is 22.8 Å². The SMILES string of the molecule is COc1ccc(OC)c(-c2csc(NC(=O)[C@H]3C[C@H]3C)n2)c1. The van der Waals surface area contributed by atoms with Gasteiger partial charge in [-0.3, -0.25) is 4.79 Å². The van der Waals surface area contributed by atoms with Gasteiger partial charge in [0.25, 0.3) is 0 Å². The van der Waals surface area contributed by atoms with E-state index in [4.69, 9.17) is 9.47 Å². The molecule has 2 aromatic rings. The number of hydrogen-bond donors (Lipinski definition) is 1. The summed E-state index contributed by atoms with van der Waals surface area (Å²) in [5.74, 6) is 2.14. The Hall–Kier alpha value is -2.08. The lowest BCUT2D eigenvalue weighted by Gasteiger charge is -2.08. The first-order valence-corrected chi connectivity index (χ1v) is 7.99. The Balaban J connectivity index is 1.82. The summed E-state index contributed by atoms with van der Waals surface area (Å²) in [6.45, 7) is 2.08. The quantitative estimate of drug-likeness (QED) is 0.917. The normalized spacial score (nSPS) is 19.6.